The molecule has 21 heavy (non-hydrogen) atoms. The second kappa shape index (κ2) is 6.53. The van der Waals surface area contributed by atoms with Gasteiger partial charge in [-0.25, -0.2) is 4.79 Å². The number of hydrogen-bond acceptors (Lipinski definition) is 3. The van der Waals surface area contributed by atoms with Crippen LogP contribution in [0.2, 0.25) is 5.02 Å². The summed E-state index contributed by atoms with van der Waals surface area (Å²) in [4.78, 5) is 11.7. The van der Waals surface area contributed by atoms with Gasteiger partial charge in [-0.2, -0.15) is 13.2 Å². The van der Waals surface area contributed by atoms with Crippen LogP contribution in [0.15, 0.2) is 23.3 Å². The van der Waals surface area contributed by atoms with Crippen molar-refractivity contribution in [3.05, 3.63) is 34.3 Å². The Labute approximate surface area is 123 Å². The van der Waals surface area contributed by atoms with Crippen LogP contribution < -0.4 is 11.2 Å². The molecule has 6 nitrogen and oxygen atoms in total. The van der Waals surface area contributed by atoms with Gasteiger partial charge in [0.15, 0.2) is 0 Å². The van der Waals surface area contributed by atoms with Crippen LogP contribution >= 0.6 is 11.6 Å². The number of guanidine groups is 1. The molecule has 0 spiro atoms. The Morgan fingerprint density at radius 3 is 2.62 bits per heavy atom. The van der Waals surface area contributed by atoms with E-state index in [0.29, 0.717) is 0 Å². The largest absolute Gasteiger partial charge is 0.465 e. The predicted octanol–water partition coefficient (Wildman–Crippen LogP) is 2.29. The number of hydrazone groups is 1. The van der Waals surface area contributed by atoms with E-state index >= 15 is 0 Å². The maximum atomic E-state index is 12.6. The molecule has 0 aliphatic heterocycles. The first-order valence-electron chi connectivity index (χ1n) is 5.49. The highest BCUT2D eigenvalue weighted by atomic mass is 35.5. The second-order valence-corrected chi connectivity index (χ2v) is 4.45. The molecule has 1 aromatic rings. The predicted molar refractivity (Wildman–Crippen MR) is 70.7 cm³/mol. The zero-order valence-corrected chi connectivity index (χ0v) is 11.5. The molecule has 0 radical (unpaired) electrons. The lowest BCUT2D eigenvalue weighted by molar-refractivity contribution is -0.137. The summed E-state index contributed by atoms with van der Waals surface area (Å²) in [7, 11) is 1.40. The van der Waals surface area contributed by atoms with Gasteiger partial charge in [0.1, 0.15) is 0 Å². The van der Waals surface area contributed by atoms with Gasteiger partial charge in [0, 0.05) is 18.6 Å². The van der Waals surface area contributed by atoms with Crippen molar-refractivity contribution in [2.75, 3.05) is 7.05 Å². The van der Waals surface area contributed by atoms with Crippen molar-refractivity contribution in [2.45, 2.75) is 12.7 Å². The molecule has 0 heterocycles. The lowest BCUT2D eigenvalue weighted by atomic mass is 10.1. The number of amides is 1. The van der Waals surface area contributed by atoms with Crippen molar-refractivity contribution in [1.82, 2.24) is 10.2 Å². The van der Waals surface area contributed by atoms with E-state index in [0.717, 1.165) is 18.2 Å². The van der Waals surface area contributed by atoms with Crippen molar-refractivity contribution in [3.8, 4) is 0 Å². The fourth-order valence-electron chi connectivity index (χ4n) is 1.52. The van der Waals surface area contributed by atoms with E-state index < -0.39 is 17.8 Å². The fraction of sp³-hybridized carbons (Fsp3) is 0.273. The third-order valence-corrected chi connectivity index (χ3v) is 2.85. The molecule has 0 aliphatic carbocycles. The molecule has 0 fully saturated rings. The summed E-state index contributed by atoms with van der Waals surface area (Å²) in [5, 5.41) is 13.8. The maximum absolute atomic E-state index is 12.6. The van der Waals surface area contributed by atoms with E-state index in [2.05, 4.69) is 5.10 Å². The van der Waals surface area contributed by atoms with E-state index in [-0.39, 0.29) is 23.1 Å². The van der Waals surface area contributed by atoms with Crippen LogP contribution in [0, 0.1) is 0 Å². The molecule has 0 saturated heterocycles. The number of carbonyl (C=O) groups is 1. The summed E-state index contributed by atoms with van der Waals surface area (Å²) in [5.41, 5.74) is -0.699. The number of nitrogens with two attached hydrogens (primary N) is 1. The van der Waals surface area contributed by atoms with E-state index in [9.17, 15) is 18.0 Å². The number of rotatable bonds is 2. The molecular weight excluding hydrogens is 313 g/mol. The monoisotopic (exact) mass is 324 g/mol. The first kappa shape index (κ1) is 16.9. The average Bonchev–Trinajstić information content (AvgIpc) is 2.36. The van der Waals surface area contributed by atoms with Gasteiger partial charge >= 0.3 is 12.3 Å². The summed E-state index contributed by atoms with van der Waals surface area (Å²) in [6.45, 7) is -0.112. The molecule has 1 amide bonds. The Morgan fingerprint density at radius 2 is 2.14 bits per heavy atom. The second-order valence-electron chi connectivity index (χ2n) is 4.04. The Kier molecular flexibility index (Phi) is 5.25. The number of nitrogens with zero attached hydrogens (tertiary/aromatic N) is 2. The van der Waals surface area contributed by atoms with E-state index in [4.69, 9.17) is 22.6 Å². The first-order valence-corrected chi connectivity index (χ1v) is 5.87. The number of benzene rings is 1. The lowest BCUT2D eigenvalue weighted by Gasteiger charge is -2.21. The van der Waals surface area contributed by atoms with Crippen molar-refractivity contribution in [2.24, 2.45) is 10.9 Å². The third kappa shape index (κ3) is 4.71. The van der Waals surface area contributed by atoms with Crippen LogP contribution in [0.4, 0.5) is 18.0 Å². The quantitative estimate of drug-likeness (QED) is 0.337. The minimum Gasteiger partial charge on any atom is -0.465 e. The lowest BCUT2D eigenvalue weighted by Crippen LogP contribution is -2.41. The normalized spacial score (nSPS) is 12.1. The summed E-state index contributed by atoms with van der Waals surface area (Å²) >= 11 is 5.84. The minimum absolute atomic E-state index is 0.112. The highest BCUT2D eigenvalue weighted by Crippen LogP contribution is 2.32. The van der Waals surface area contributed by atoms with Crippen molar-refractivity contribution < 1.29 is 23.1 Å². The summed E-state index contributed by atoms with van der Waals surface area (Å²) in [5.74, 6) is 4.79. The van der Waals surface area contributed by atoms with E-state index in [1.165, 1.54) is 11.9 Å². The third-order valence-electron chi connectivity index (χ3n) is 2.48. The molecule has 0 aliphatic rings. The van der Waals surface area contributed by atoms with Gasteiger partial charge in [-0.15, -0.1) is 5.10 Å². The SMILES string of the molecule is CN(Cc1cc(C(F)(F)F)ccc1Cl)C(=NN)NC(=O)O. The summed E-state index contributed by atoms with van der Waals surface area (Å²) < 4.78 is 37.9. The van der Waals surface area contributed by atoms with Crippen LogP contribution in [0.3, 0.4) is 0 Å². The molecule has 0 aromatic heterocycles. The molecule has 0 saturated carbocycles. The highest BCUT2D eigenvalue weighted by molar-refractivity contribution is 6.31. The van der Waals surface area contributed by atoms with Crippen molar-refractivity contribution in [1.29, 1.82) is 0 Å². The molecule has 4 N–H and O–H groups in total. The zero-order chi connectivity index (χ0) is 16.2. The van der Waals surface area contributed by atoms with Crippen LogP contribution in [0.5, 0.6) is 0 Å². The Hall–Kier alpha value is -2.16. The molecule has 0 bridgehead atoms. The molecular formula is C11H12ClF3N4O2. The first-order chi connectivity index (χ1) is 9.65. The zero-order valence-electron chi connectivity index (χ0n) is 10.8. The minimum atomic E-state index is -4.50. The Balaban J connectivity index is 2.99. The van der Waals surface area contributed by atoms with Gasteiger partial charge in [-0.3, -0.25) is 5.32 Å². The van der Waals surface area contributed by atoms with Gasteiger partial charge in [0.05, 0.1) is 5.56 Å². The van der Waals surface area contributed by atoms with Gasteiger partial charge in [0.2, 0.25) is 5.96 Å². The van der Waals surface area contributed by atoms with Crippen LogP contribution in [0.1, 0.15) is 11.1 Å². The topological polar surface area (TPSA) is 91.0 Å². The van der Waals surface area contributed by atoms with Gasteiger partial charge in [0.25, 0.3) is 0 Å². The van der Waals surface area contributed by atoms with Crippen LogP contribution in [0.25, 0.3) is 0 Å². The standard InChI is InChI=1S/C11H12ClF3N4O2/c1-19(9(18-16)17-10(20)21)5-6-4-7(11(13,14)15)2-3-8(6)12/h2-4H,5,16H2,1H3,(H,17,18)(H,20,21). The molecule has 116 valence electrons. The molecule has 0 unspecified atom stereocenters. The number of hydrogen-bond donors (Lipinski definition) is 3. The van der Waals surface area contributed by atoms with E-state index in [1.807, 2.05) is 5.32 Å². The Morgan fingerprint density at radius 1 is 1.52 bits per heavy atom. The molecule has 1 aromatic carbocycles. The smallest absolute Gasteiger partial charge is 0.416 e. The van der Waals surface area contributed by atoms with Gasteiger partial charge in [-0.1, -0.05) is 11.6 Å². The highest BCUT2D eigenvalue weighted by Gasteiger charge is 2.31. The van der Waals surface area contributed by atoms with Crippen molar-refractivity contribution >= 4 is 23.7 Å². The molecule has 0 atom stereocenters. The Bertz CT molecular complexity index is 563. The number of nitrogens with one attached hydrogen (secondary N) is 1. The average molecular weight is 325 g/mol. The summed E-state index contributed by atoms with van der Waals surface area (Å²) in [6.07, 6.45) is -5.90. The number of alkyl halides is 3. The molecule has 1 rings (SSSR count). The molecule has 10 heteroatoms. The van der Waals surface area contributed by atoms with Crippen molar-refractivity contribution in [3.63, 3.8) is 0 Å². The van der Waals surface area contributed by atoms with Crippen LogP contribution in [-0.2, 0) is 12.7 Å². The number of carboxylic acid groups (broad SMARTS) is 1. The van der Waals surface area contributed by atoms with Gasteiger partial charge in [-0.05, 0) is 23.8 Å². The number of halogens is 4. The van der Waals surface area contributed by atoms with Crippen LogP contribution in [-0.4, -0.2) is 29.1 Å². The maximum Gasteiger partial charge on any atom is 0.416 e. The fourth-order valence-corrected chi connectivity index (χ4v) is 1.70. The van der Waals surface area contributed by atoms with Gasteiger partial charge < -0.3 is 15.8 Å². The summed E-state index contributed by atoms with van der Waals surface area (Å²) in [6, 6.07) is 2.87. The van der Waals surface area contributed by atoms with E-state index in [1.54, 1.807) is 0 Å².